The Kier molecular flexibility index (Phi) is 3.34. The third-order valence-electron chi connectivity index (χ3n) is 1.58. The summed E-state index contributed by atoms with van der Waals surface area (Å²) in [5, 5.41) is 0.936. The second-order valence-electron chi connectivity index (χ2n) is 2.35. The normalized spacial score (nSPS) is 12.4. The fourth-order valence-electron chi connectivity index (χ4n) is 1.04. The van der Waals surface area contributed by atoms with E-state index in [0.29, 0.717) is 5.58 Å². The van der Waals surface area contributed by atoms with Crippen molar-refractivity contribution in [1.82, 2.24) is 0 Å². The van der Waals surface area contributed by atoms with E-state index in [1.807, 2.05) is 18.2 Å². The molecule has 5 heteroatoms. The summed E-state index contributed by atoms with van der Waals surface area (Å²) in [5.74, 6) is 0. The Morgan fingerprint density at radius 1 is 1.31 bits per heavy atom. The molecule has 2 aromatic rings. The van der Waals surface area contributed by atoms with Crippen LogP contribution in [-0.4, -0.2) is 27.6 Å². The molecule has 0 aliphatic carbocycles. The molecule has 0 bridgehead atoms. The molecule has 0 aliphatic heterocycles. The van der Waals surface area contributed by atoms with Crippen LogP contribution in [0.5, 0.6) is 0 Å². The van der Waals surface area contributed by atoms with Crippen LogP contribution < -0.4 is 0 Å². The molecular formula is C8H7LiO3S. The van der Waals surface area contributed by atoms with Crippen LogP contribution in [0.25, 0.3) is 11.0 Å². The Hall–Kier alpha value is -0.533. The number of benzene rings is 1. The van der Waals surface area contributed by atoms with Gasteiger partial charge in [0.1, 0.15) is 5.58 Å². The van der Waals surface area contributed by atoms with Gasteiger partial charge in [-0.3, -0.25) is 4.55 Å². The van der Waals surface area contributed by atoms with Crippen LogP contribution in [0.4, 0.5) is 0 Å². The van der Waals surface area contributed by atoms with E-state index in [1.165, 1.54) is 0 Å². The van der Waals surface area contributed by atoms with Crippen molar-refractivity contribution in [2.45, 2.75) is 5.09 Å². The van der Waals surface area contributed by atoms with E-state index in [-0.39, 0.29) is 24.0 Å². The predicted octanol–water partition coefficient (Wildman–Crippen LogP) is 1.36. The molecule has 0 radical (unpaired) electrons. The minimum absolute atomic E-state index is 0. The zero-order chi connectivity index (χ0) is 8.55. The van der Waals surface area contributed by atoms with Crippen molar-refractivity contribution in [3.05, 3.63) is 30.3 Å². The SMILES string of the molecule is O=S(O)c1cc2ccccc2o1.[LiH]. The minimum atomic E-state index is -2.03. The van der Waals surface area contributed by atoms with E-state index >= 15 is 0 Å². The molecular weight excluding hydrogens is 183 g/mol. The van der Waals surface area contributed by atoms with Crippen molar-refractivity contribution < 1.29 is 13.2 Å². The number of rotatable bonds is 1. The van der Waals surface area contributed by atoms with E-state index in [4.69, 9.17) is 8.97 Å². The summed E-state index contributed by atoms with van der Waals surface area (Å²) in [7, 11) is 0. The first-order valence-corrected chi connectivity index (χ1v) is 4.47. The van der Waals surface area contributed by atoms with Crippen molar-refractivity contribution in [2.75, 3.05) is 0 Å². The number of hydrogen-bond acceptors (Lipinski definition) is 2. The van der Waals surface area contributed by atoms with Crippen LogP contribution in [0.1, 0.15) is 0 Å². The average molecular weight is 190 g/mol. The summed E-state index contributed by atoms with van der Waals surface area (Å²) in [6.45, 7) is 0. The molecule has 0 saturated carbocycles. The van der Waals surface area contributed by atoms with Gasteiger partial charge < -0.3 is 4.42 Å². The zero-order valence-corrected chi connectivity index (χ0v) is 6.88. The molecule has 0 spiro atoms. The molecule has 1 unspecified atom stereocenters. The molecule has 1 aromatic carbocycles. The Morgan fingerprint density at radius 2 is 2.00 bits per heavy atom. The summed E-state index contributed by atoms with van der Waals surface area (Å²) >= 11 is -2.03. The van der Waals surface area contributed by atoms with Crippen LogP contribution in [0, 0.1) is 0 Å². The summed E-state index contributed by atoms with van der Waals surface area (Å²) in [6, 6.07) is 8.81. The molecule has 13 heavy (non-hydrogen) atoms. The zero-order valence-electron chi connectivity index (χ0n) is 6.06. The van der Waals surface area contributed by atoms with Gasteiger partial charge in [0.05, 0.1) is 0 Å². The Labute approximate surface area is 89.6 Å². The topological polar surface area (TPSA) is 50.4 Å². The maximum absolute atomic E-state index is 10.6. The van der Waals surface area contributed by atoms with Gasteiger partial charge in [0, 0.05) is 11.5 Å². The average Bonchev–Trinajstić information content (AvgIpc) is 2.46. The monoisotopic (exact) mass is 190 g/mol. The third-order valence-corrected chi connectivity index (χ3v) is 2.12. The molecule has 1 aromatic heterocycles. The second kappa shape index (κ2) is 4.12. The van der Waals surface area contributed by atoms with Gasteiger partial charge in [-0.15, -0.1) is 0 Å². The quantitative estimate of drug-likeness (QED) is 0.545. The number of hydrogen-bond donors (Lipinski definition) is 1. The van der Waals surface area contributed by atoms with E-state index < -0.39 is 11.1 Å². The van der Waals surface area contributed by atoms with Crippen molar-refractivity contribution >= 4 is 40.9 Å². The van der Waals surface area contributed by atoms with Gasteiger partial charge in [0.2, 0.25) is 16.2 Å². The number of fused-ring (bicyclic) bond motifs is 1. The molecule has 0 aliphatic rings. The second-order valence-corrected chi connectivity index (χ2v) is 3.25. The molecule has 64 valence electrons. The molecule has 2 rings (SSSR count). The van der Waals surface area contributed by atoms with Crippen LogP contribution in [0.15, 0.2) is 39.8 Å². The van der Waals surface area contributed by atoms with Gasteiger partial charge in [-0.05, 0) is 6.07 Å². The van der Waals surface area contributed by atoms with Gasteiger partial charge in [0.15, 0.2) is 0 Å². The van der Waals surface area contributed by atoms with Gasteiger partial charge in [0.25, 0.3) is 0 Å². The van der Waals surface area contributed by atoms with Crippen molar-refractivity contribution in [1.29, 1.82) is 0 Å². The van der Waals surface area contributed by atoms with Crippen LogP contribution in [0.2, 0.25) is 0 Å². The van der Waals surface area contributed by atoms with Gasteiger partial charge >= 0.3 is 18.9 Å². The number of para-hydroxylation sites is 1. The fourth-order valence-corrected chi connectivity index (χ4v) is 1.43. The van der Waals surface area contributed by atoms with Crippen molar-refractivity contribution in [3.8, 4) is 0 Å². The Balaban J connectivity index is 0.000000845. The standard InChI is InChI=1S/C8H6O3S.Li.H/c9-12(10)8-5-6-3-1-2-4-7(6)11-8;;/h1-5H,(H,9,10);;. The van der Waals surface area contributed by atoms with E-state index in [0.717, 1.165) is 5.39 Å². The number of furan rings is 1. The summed E-state index contributed by atoms with van der Waals surface area (Å²) < 4.78 is 24.4. The van der Waals surface area contributed by atoms with Crippen LogP contribution in [0.3, 0.4) is 0 Å². The van der Waals surface area contributed by atoms with E-state index in [9.17, 15) is 4.21 Å². The third kappa shape index (κ3) is 2.04. The molecule has 0 saturated heterocycles. The first kappa shape index (κ1) is 10.5. The molecule has 1 heterocycles. The molecule has 1 atom stereocenters. The van der Waals surface area contributed by atoms with E-state index in [1.54, 1.807) is 12.1 Å². The maximum atomic E-state index is 10.6. The molecule has 0 amide bonds. The van der Waals surface area contributed by atoms with Gasteiger partial charge in [-0.25, -0.2) is 4.21 Å². The summed E-state index contributed by atoms with van der Waals surface area (Å²) in [5.41, 5.74) is 0.634. The first-order chi connectivity index (χ1) is 5.77. The summed E-state index contributed by atoms with van der Waals surface area (Å²) in [6.07, 6.45) is 0. The van der Waals surface area contributed by atoms with Crippen LogP contribution in [-0.2, 0) is 11.1 Å². The summed E-state index contributed by atoms with van der Waals surface area (Å²) in [4.78, 5) is 0. The van der Waals surface area contributed by atoms with Crippen molar-refractivity contribution in [3.63, 3.8) is 0 Å². The molecule has 0 fully saturated rings. The fraction of sp³-hybridized carbons (Fsp3) is 0. The molecule has 3 nitrogen and oxygen atoms in total. The van der Waals surface area contributed by atoms with Crippen molar-refractivity contribution in [2.24, 2.45) is 0 Å². The Bertz CT molecular complexity index is 405. The van der Waals surface area contributed by atoms with Gasteiger partial charge in [-0.2, -0.15) is 0 Å². The first-order valence-electron chi connectivity index (χ1n) is 3.37. The Morgan fingerprint density at radius 3 is 2.62 bits per heavy atom. The van der Waals surface area contributed by atoms with Crippen LogP contribution >= 0.6 is 0 Å². The van der Waals surface area contributed by atoms with Gasteiger partial charge in [-0.1, -0.05) is 18.2 Å². The van der Waals surface area contributed by atoms with E-state index in [2.05, 4.69) is 0 Å². The predicted molar refractivity (Wildman–Crippen MR) is 52.4 cm³/mol. The molecule has 1 N–H and O–H groups in total.